The summed E-state index contributed by atoms with van der Waals surface area (Å²) in [6.07, 6.45) is 5.23. The number of carbonyl (C=O) groups excluding carboxylic acids is 3. The van der Waals surface area contributed by atoms with Gasteiger partial charge in [-0.15, -0.1) is 0 Å². The van der Waals surface area contributed by atoms with E-state index in [2.05, 4.69) is 5.32 Å². The lowest BCUT2D eigenvalue weighted by molar-refractivity contribution is -0.141. The molecule has 1 saturated carbocycles. The lowest BCUT2D eigenvalue weighted by Crippen LogP contribution is -2.55. The molecule has 1 aliphatic carbocycles. The molecular formula is C31H33N3O5S. The summed E-state index contributed by atoms with van der Waals surface area (Å²) in [5.41, 5.74) is 1.70. The van der Waals surface area contributed by atoms with Gasteiger partial charge in [0.1, 0.15) is 17.5 Å². The second-order valence-corrected chi connectivity index (χ2v) is 12.2. The van der Waals surface area contributed by atoms with Crippen LogP contribution in [0.3, 0.4) is 0 Å². The molecule has 208 valence electrons. The van der Waals surface area contributed by atoms with Crippen LogP contribution in [-0.4, -0.2) is 54.0 Å². The first-order chi connectivity index (χ1) is 19.3. The number of carbonyl (C=O) groups is 3. The fourth-order valence-corrected chi connectivity index (χ4v) is 7.00. The van der Waals surface area contributed by atoms with Gasteiger partial charge < -0.3 is 10.2 Å². The van der Waals surface area contributed by atoms with Crippen molar-refractivity contribution in [3.8, 4) is 0 Å². The van der Waals surface area contributed by atoms with Crippen LogP contribution < -0.4 is 5.32 Å². The van der Waals surface area contributed by atoms with Crippen LogP contribution in [0.2, 0.25) is 0 Å². The Morgan fingerprint density at radius 2 is 1.45 bits per heavy atom. The number of nitrogens with one attached hydrogen (secondary N) is 1. The van der Waals surface area contributed by atoms with E-state index in [1.165, 1.54) is 17.0 Å². The second kappa shape index (κ2) is 12.0. The SMILES string of the molecule is O=C(NC1CCCCC1)C(Cc1ccccc1)N(Cc1ccccc1)C(=O)CN1C(=O)c2ccccc2S1(=O)=O. The third-order valence-corrected chi connectivity index (χ3v) is 9.40. The summed E-state index contributed by atoms with van der Waals surface area (Å²) < 4.78 is 27.1. The Morgan fingerprint density at radius 3 is 2.10 bits per heavy atom. The first-order valence-corrected chi connectivity index (χ1v) is 15.1. The molecular weight excluding hydrogens is 526 g/mol. The van der Waals surface area contributed by atoms with Crippen LogP contribution >= 0.6 is 0 Å². The van der Waals surface area contributed by atoms with E-state index < -0.39 is 34.4 Å². The van der Waals surface area contributed by atoms with E-state index in [0.29, 0.717) is 4.31 Å². The van der Waals surface area contributed by atoms with Gasteiger partial charge in [0.25, 0.3) is 15.9 Å². The van der Waals surface area contributed by atoms with Gasteiger partial charge >= 0.3 is 0 Å². The smallest absolute Gasteiger partial charge is 0.269 e. The molecule has 3 aromatic carbocycles. The van der Waals surface area contributed by atoms with Crippen molar-refractivity contribution >= 4 is 27.7 Å². The zero-order chi connectivity index (χ0) is 28.1. The number of hydrogen-bond acceptors (Lipinski definition) is 5. The second-order valence-electron chi connectivity index (χ2n) is 10.4. The summed E-state index contributed by atoms with van der Waals surface area (Å²) in [4.78, 5) is 42.3. The molecule has 1 fully saturated rings. The number of nitrogens with zero attached hydrogens (tertiary/aromatic N) is 2. The van der Waals surface area contributed by atoms with Gasteiger partial charge in [0.05, 0.1) is 5.56 Å². The molecule has 0 radical (unpaired) electrons. The number of hydrogen-bond donors (Lipinski definition) is 1. The third kappa shape index (κ3) is 5.94. The highest BCUT2D eigenvalue weighted by Gasteiger charge is 2.43. The summed E-state index contributed by atoms with van der Waals surface area (Å²) in [7, 11) is -4.19. The van der Waals surface area contributed by atoms with Crippen LogP contribution in [-0.2, 0) is 32.6 Å². The fourth-order valence-electron chi connectivity index (χ4n) is 5.48. The molecule has 3 aromatic rings. The Morgan fingerprint density at radius 1 is 0.850 bits per heavy atom. The molecule has 9 heteroatoms. The van der Waals surface area contributed by atoms with Crippen LogP contribution in [0.4, 0.5) is 0 Å². The molecule has 5 rings (SSSR count). The van der Waals surface area contributed by atoms with Crippen LogP contribution in [0.25, 0.3) is 0 Å². The van der Waals surface area contributed by atoms with Gasteiger partial charge in [0, 0.05) is 19.0 Å². The molecule has 0 saturated heterocycles. The van der Waals surface area contributed by atoms with E-state index in [0.717, 1.165) is 43.2 Å². The summed E-state index contributed by atoms with van der Waals surface area (Å²) in [6.45, 7) is -0.602. The van der Waals surface area contributed by atoms with Gasteiger partial charge in [-0.25, -0.2) is 12.7 Å². The molecule has 40 heavy (non-hydrogen) atoms. The molecule has 2 aliphatic rings. The van der Waals surface area contributed by atoms with E-state index in [-0.39, 0.29) is 35.4 Å². The molecule has 1 atom stereocenters. The summed E-state index contributed by atoms with van der Waals surface area (Å²) in [5, 5.41) is 3.16. The van der Waals surface area contributed by atoms with Gasteiger partial charge in [-0.2, -0.15) is 0 Å². The average Bonchev–Trinajstić information content (AvgIpc) is 3.17. The van der Waals surface area contributed by atoms with Crippen molar-refractivity contribution in [1.29, 1.82) is 0 Å². The summed E-state index contributed by atoms with van der Waals surface area (Å²) in [6, 6.07) is 23.8. The van der Waals surface area contributed by atoms with Gasteiger partial charge in [0.15, 0.2) is 0 Å². The third-order valence-electron chi connectivity index (χ3n) is 7.61. The lowest BCUT2D eigenvalue weighted by atomic mass is 9.94. The first kappa shape index (κ1) is 27.6. The van der Waals surface area contributed by atoms with Crippen LogP contribution in [0.15, 0.2) is 89.8 Å². The first-order valence-electron chi connectivity index (χ1n) is 13.7. The van der Waals surface area contributed by atoms with Crippen molar-refractivity contribution < 1.29 is 22.8 Å². The Balaban J connectivity index is 1.48. The predicted molar refractivity (Wildman–Crippen MR) is 151 cm³/mol. The minimum absolute atomic E-state index is 0.0308. The normalized spacial score (nSPS) is 17.2. The highest BCUT2D eigenvalue weighted by atomic mass is 32.2. The van der Waals surface area contributed by atoms with Gasteiger partial charge in [-0.1, -0.05) is 92.1 Å². The van der Waals surface area contributed by atoms with Crippen molar-refractivity contribution in [2.75, 3.05) is 6.54 Å². The minimum atomic E-state index is -4.19. The Hall–Kier alpha value is -3.98. The van der Waals surface area contributed by atoms with Gasteiger partial charge in [-0.3, -0.25) is 14.4 Å². The number of amides is 3. The van der Waals surface area contributed by atoms with E-state index >= 15 is 0 Å². The van der Waals surface area contributed by atoms with Crippen molar-refractivity contribution in [1.82, 2.24) is 14.5 Å². The zero-order valence-corrected chi connectivity index (χ0v) is 23.1. The molecule has 1 heterocycles. The standard InChI is InChI=1S/C31H33N3O5S/c35-29(22-34-31(37)26-18-10-11-19-28(26)40(34,38)39)33(21-24-14-6-2-7-15-24)27(20-23-12-4-1-5-13-23)30(36)32-25-16-8-3-9-17-25/h1-2,4-7,10-15,18-19,25,27H,3,8-9,16-17,20-22H2,(H,32,36). The van der Waals surface area contributed by atoms with Crippen molar-refractivity contribution in [3.63, 3.8) is 0 Å². The van der Waals surface area contributed by atoms with Crippen molar-refractivity contribution in [3.05, 3.63) is 102 Å². The number of sulfonamides is 1. The highest BCUT2D eigenvalue weighted by Crippen LogP contribution is 2.30. The van der Waals surface area contributed by atoms with Crippen LogP contribution in [0.1, 0.15) is 53.6 Å². The topological polar surface area (TPSA) is 104 Å². The number of rotatable bonds is 9. The van der Waals surface area contributed by atoms with E-state index in [1.807, 2.05) is 60.7 Å². The number of fused-ring (bicyclic) bond motifs is 1. The number of benzene rings is 3. The molecule has 1 aliphatic heterocycles. The Labute approximate surface area is 235 Å². The zero-order valence-electron chi connectivity index (χ0n) is 22.2. The predicted octanol–water partition coefficient (Wildman–Crippen LogP) is 3.92. The Kier molecular flexibility index (Phi) is 8.30. The molecule has 1 unspecified atom stereocenters. The maximum Gasteiger partial charge on any atom is 0.269 e. The molecule has 0 aromatic heterocycles. The maximum absolute atomic E-state index is 14.0. The summed E-state index contributed by atoms with van der Waals surface area (Å²) in [5.74, 6) is -1.64. The van der Waals surface area contributed by atoms with Crippen molar-refractivity contribution in [2.45, 2.75) is 62.0 Å². The molecule has 8 nitrogen and oxygen atoms in total. The quantitative estimate of drug-likeness (QED) is 0.428. The minimum Gasteiger partial charge on any atom is -0.352 e. The largest absolute Gasteiger partial charge is 0.352 e. The Bertz CT molecular complexity index is 1470. The van der Waals surface area contributed by atoms with Gasteiger partial charge in [-0.05, 0) is 36.1 Å². The van der Waals surface area contributed by atoms with Crippen molar-refractivity contribution in [2.24, 2.45) is 0 Å². The van der Waals surface area contributed by atoms with Crippen LogP contribution in [0.5, 0.6) is 0 Å². The molecule has 0 spiro atoms. The lowest BCUT2D eigenvalue weighted by Gasteiger charge is -2.34. The maximum atomic E-state index is 14.0. The monoisotopic (exact) mass is 559 g/mol. The van der Waals surface area contributed by atoms with Crippen LogP contribution in [0, 0.1) is 0 Å². The average molecular weight is 560 g/mol. The van der Waals surface area contributed by atoms with E-state index in [9.17, 15) is 22.8 Å². The molecule has 3 amide bonds. The van der Waals surface area contributed by atoms with Gasteiger partial charge in [0.2, 0.25) is 11.8 Å². The highest BCUT2D eigenvalue weighted by molar-refractivity contribution is 7.90. The fraction of sp³-hybridized carbons (Fsp3) is 0.323. The summed E-state index contributed by atoms with van der Waals surface area (Å²) >= 11 is 0. The molecule has 1 N–H and O–H groups in total. The van der Waals surface area contributed by atoms with E-state index in [4.69, 9.17) is 0 Å². The molecule has 0 bridgehead atoms. The van der Waals surface area contributed by atoms with E-state index in [1.54, 1.807) is 12.1 Å².